The van der Waals surface area contributed by atoms with Crippen LogP contribution in [0.5, 0.6) is 11.5 Å². The van der Waals surface area contributed by atoms with E-state index in [2.05, 4.69) is 5.32 Å². The Hall–Kier alpha value is -2.44. The summed E-state index contributed by atoms with van der Waals surface area (Å²) in [6.07, 6.45) is 1.45. The van der Waals surface area contributed by atoms with E-state index >= 15 is 0 Å². The first-order valence-electron chi connectivity index (χ1n) is 9.04. The lowest BCUT2D eigenvalue weighted by molar-refractivity contribution is -0.147. The molecule has 1 aromatic carbocycles. The van der Waals surface area contributed by atoms with Crippen LogP contribution in [0.3, 0.4) is 0 Å². The molecule has 0 aliphatic carbocycles. The van der Waals surface area contributed by atoms with Crippen molar-refractivity contribution in [1.29, 1.82) is 0 Å². The zero-order valence-electron chi connectivity index (χ0n) is 15.5. The number of amides is 2. The standard InChI is InChI=1S/C19H26N2O5/c1-4-25-15-8-13-7-12(2)26-16(13)9-14(15)10-20-18(24)21-6-5-19(3,11-21)17(22)23/h8-9,12H,4-7,10-11H2,1-3H3,(H,20,24)(H,22,23). The van der Waals surface area contributed by atoms with Gasteiger partial charge in [0.25, 0.3) is 0 Å². The van der Waals surface area contributed by atoms with Crippen molar-refractivity contribution in [3.8, 4) is 11.5 Å². The number of aliphatic carboxylic acids is 1. The minimum Gasteiger partial charge on any atom is -0.494 e. The maximum Gasteiger partial charge on any atom is 0.317 e. The van der Waals surface area contributed by atoms with E-state index in [0.717, 1.165) is 29.0 Å². The van der Waals surface area contributed by atoms with Crippen molar-refractivity contribution in [1.82, 2.24) is 10.2 Å². The van der Waals surface area contributed by atoms with Gasteiger partial charge in [-0.25, -0.2) is 4.79 Å². The molecule has 2 aliphatic rings. The summed E-state index contributed by atoms with van der Waals surface area (Å²) in [5, 5.41) is 12.2. The summed E-state index contributed by atoms with van der Waals surface area (Å²) < 4.78 is 11.5. The van der Waals surface area contributed by atoms with Gasteiger partial charge in [-0.1, -0.05) is 0 Å². The Morgan fingerprint density at radius 2 is 2.23 bits per heavy atom. The molecule has 7 heteroatoms. The maximum atomic E-state index is 12.4. The Balaban J connectivity index is 1.67. The van der Waals surface area contributed by atoms with Crippen LogP contribution in [0.25, 0.3) is 0 Å². The summed E-state index contributed by atoms with van der Waals surface area (Å²) in [5.41, 5.74) is 1.10. The second-order valence-corrected chi connectivity index (χ2v) is 7.33. The molecule has 7 nitrogen and oxygen atoms in total. The number of urea groups is 1. The molecule has 2 amide bonds. The third kappa shape index (κ3) is 3.57. The molecule has 0 saturated carbocycles. The smallest absolute Gasteiger partial charge is 0.317 e. The van der Waals surface area contributed by atoms with Gasteiger partial charge < -0.3 is 24.8 Å². The van der Waals surface area contributed by atoms with Gasteiger partial charge in [-0.3, -0.25) is 4.79 Å². The topological polar surface area (TPSA) is 88.1 Å². The van der Waals surface area contributed by atoms with Crippen LogP contribution in [0.4, 0.5) is 4.79 Å². The fourth-order valence-electron chi connectivity index (χ4n) is 3.50. The predicted molar refractivity (Wildman–Crippen MR) is 95.6 cm³/mol. The average molecular weight is 362 g/mol. The molecule has 142 valence electrons. The van der Waals surface area contributed by atoms with E-state index in [4.69, 9.17) is 9.47 Å². The molecule has 0 aromatic heterocycles. The van der Waals surface area contributed by atoms with Crippen LogP contribution in [0.15, 0.2) is 12.1 Å². The molecule has 2 N–H and O–H groups in total. The van der Waals surface area contributed by atoms with E-state index in [1.165, 1.54) is 0 Å². The minimum absolute atomic E-state index is 0.141. The summed E-state index contributed by atoms with van der Waals surface area (Å²) in [7, 11) is 0. The number of carbonyl (C=O) groups excluding carboxylic acids is 1. The first-order valence-corrected chi connectivity index (χ1v) is 9.04. The van der Waals surface area contributed by atoms with Crippen LogP contribution in [-0.2, 0) is 17.8 Å². The number of hydrogen-bond acceptors (Lipinski definition) is 4. The van der Waals surface area contributed by atoms with Crippen molar-refractivity contribution in [2.75, 3.05) is 19.7 Å². The maximum absolute atomic E-state index is 12.4. The molecule has 3 rings (SSSR count). The molecule has 1 saturated heterocycles. The summed E-state index contributed by atoms with van der Waals surface area (Å²) in [6, 6.07) is 3.66. The zero-order valence-corrected chi connectivity index (χ0v) is 15.5. The quantitative estimate of drug-likeness (QED) is 0.840. The highest BCUT2D eigenvalue weighted by atomic mass is 16.5. The third-order valence-electron chi connectivity index (χ3n) is 5.09. The molecule has 1 aromatic rings. The molecule has 1 fully saturated rings. The number of ether oxygens (including phenoxy) is 2. The predicted octanol–water partition coefficient (Wildman–Crippen LogP) is 2.41. The molecule has 2 unspecified atom stereocenters. The number of rotatable bonds is 5. The highest BCUT2D eigenvalue weighted by Crippen LogP contribution is 2.35. The van der Waals surface area contributed by atoms with Crippen LogP contribution < -0.4 is 14.8 Å². The van der Waals surface area contributed by atoms with Crippen molar-refractivity contribution in [2.45, 2.75) is 46.3 Å². The normalized spacial score (nSPS) is 24.1. The molecule has 0 radical (unpaired) electrons. The number of likely N-dealkylation sites (tertiary alicyclic amines) is 1. The lowest BCUT2D eigenvalue weighted by atomic mass is 9.90. The van der Waals surface area contributed by atoms with E-state index in [-0.39, 0.29) is 18.7 Å². The van der Waals surface area contributed by atoms with E-state index in [9.17, 15) is 14.7 Å². The van der Waals surface area contributed by atoms with Gasteiger partial charge >= 0.3 is 12.0 Å². The lowest BCUT2D eigenvalue weighted by Crippen LogP contribution is -2.40. The molecular formula is C19H26N2O5. The van der Waals surface area contributed by atoms with Crippen molar-refractivity contribution in [3.05, 3.63) is 23.3 Å². The highest BCUT2D eigenvalue weighted by Gasteiger charge is 2.42. The number of hydrogen-bond donors (Lipinski definition) is 2. The summed E-state index contributed by atoms with van der Waals surface area (Å²) >= 11 is 0. The first-order chi connectivity index (χ1) is 12.3. The van der Waals surface area contributed by atoms with Crippen molar-refractivity contribution >= 4 is 12.0 Å². The van der Waals surface area contributed by atoms with Crippen molar-refractivity contribution in [3.63, 3.8) is 0 Å². The Bertz CT molecular complexity index is 720. The van der Waals surface area contributed by atoms with E-state index in [1.54, 1.807) is 11.8 Å². The Morgan fingerprint density at radius 1 is 1.46 bits per heavy atom. The van der Waals surface area contributed by atoms with Crippen LogP contribution >= 0.6 is 0 Å². The van der Waals surface area contributed by atoms with Gasteiger partial charge in [0, 0.05) is 37.2 Å². The molecule has 0 bridgehead atoms. The third-order valence-corrected chi connectivity index (χ3v) is 5.09. The SMILES string of the molecule is CCOc1cc2c(cc1CNC(=O)N1CCC(C)(C(=O)O)C1)OC(C)C2. The number of benzene rings is 1. The Morgan fingerprint density at radius 3 is 2.88 bits per heavy atom. The molecule has 26 heavy (non-hydrogen) atoms. The molecular weight excluding hydrogens is 336 g/mol. The Kier molecular flexibility index (Phi) is 4.98. The second kappa shape index (κ2) is 7.05. The Labute approximate surface area is 153 Å². The van der Waals surface area contributed by atoms with E-state index in [1.807, 2.05) is 26.0 Å². The van der Waals surface area contributed by atoms with Crippen LogP contribution in [0, 0.1) is 5.41 Å². The highest BCUT2D eigenvalue weighted by molar-refractivity contribution is 5.79. The van der Waals surface area contributed by atoms with Crippen LogP contribution in [0.1, 0.15) is 38.3 Å². The minimum atomic E-state index is -0.870. The fraction of sp³-hybridized carbons (Fsp3) is 0.579. The first kappa shape index (κ1) is 18.4. The van der Waals surface area contributed by atoms with Crippen LogP contribution in [0.2, 0.25) is 0 Å². The number of fused-ring (bicyclic) bond motifs is 1. The number of carbonyl (C=O) groups is 2. The van der Waals surface area contributed by atoms with Crippen molar-refractivity contribution < 1.29 is 24.2 Å². The van der Waals surface area contributed by atoms with Crippen molar-refractivity contribution in [2.24, 2.45) is 5.41 Å². The van der Waals surface area contributed by atoms with E-state index < -0.39 is 11.4 Å². The van der Waals surface area contributed by atoms with Gasteiger partial charge in [0.05, 0.1) is 12.0 Å². The van der Waals surface area contributed by atoms with Gasteiger partial charge in [-0.15, -0.1) is 0 Å². The van der Waals surface area contributed by atoms with Gasteiger partial charge in [0.15, 0.2) is 0 Å². The second-order valence-electron chi connectivity index (χ2n) is 7.33. The monoisotopic (exact) mass is 362 g/mol. The van der Waals surface area contributed by atoms with Gasteiger partial charge in [-0.2, -0.15) is 0 Å². The largest absolute Gasteiger partial charge is 0.494 e. The summed E-state index contributed by atoms with van der Waals surface area (Å²) in [5.74, 6) is 0.724. The fourth-order valence-corrected chi connectivity index (χ4v) is 3.50. The van der Waals surface area contributed by atoms with Crippen LogP contribution in [-0.4, -0.2) is 47.8 Å². The molecule has 2 aliphatic heterocycles. The van der Waals surface area contributed by atoms with E-state index in [0.29, 0.717) is 26.1 Å². The number of nitrogens with one attached hydrogen (secondary N) is 1. The summed E-state index contributed by atoms with van der Waals surface area (Å²) in [4.78, 5) is 25.3. The number of carboxylic acid groups (broad SMARTS) is 1. The molecule has 2 heterocycles. The van der Waals surface area contributed by atoms with Gasteiger partial charge in [0.1, 0.15) is 17.6 Å². The molecule has 2 atom stereocenters. The van der Waals surface area contributed by atoms with Gasteiger partial charge in [0.2, 0.25) is 0 Å². The lowest BCUT2D eigenvalue weighted by Gasteiger charge is -2.21. The van der Waals surface area contributed by atoms with Gasteiger partial charge in [-0.05, 0) is 39.3 Å². The molecule has 0 spiro atoms. The zero-order chi connectivity index (χ0) is 18.9. The number of nitrogens with zero attached hydrogens (tertiary/aromatic N) is 1. The summed E-state index contributed by atoms with van der Waals surface area (Å²) in [6.45, 7) is 7.13. The number of carboxylic acids is 1. The average Bonchev–Trinajstić information content (AvgIpc) is 3.15.